The maximum atomic E-state index is 13.3. The summed E-state index contributed by atoms with van der Waals surface area (Å²) >= 11 is 0. The molecule has 0 unspecified atom stereocenters. The van der Waals surface area contributed by atoms with Crippen LogP contribution in [0.4, 0.5) is 42.5 Å². The van der Waals surface area contributed by atoms with Crippen molar-refractivity contribution in [1.82, 2.24) is 15.2 Å². The molecule has 0 bridgehead atoms. The number of aliphatic carboxylic acids is 1. The minimum Gasteiger partial charge on any atom is -0.475 e. The van der Waals surface area contributed by atoms with Crippen LogP contribution >= 0.6 is 0 Å². The first-order chi connectivity index (χ1) is 19.9. The Kier molecular flexibility index (Phi) is 11.4. The zero-order chi connectivity index (χ0) is 32.6. The monoisotopic (exact) mass is 623 g/mol. The van der Waals surface area contributed by atoms with E-state index >= 15 is 0 Å². The SMILES string of the molecule is COCCNCC(=O)Nc1cc(N2C(=O)N(Cc3ccncc3)C(C)(C)C2=O)ccc1OC(F)(F)F.O=C(O)C(F)(F)F. The van der Waals surface area contributed by atoms with Gasteiger partial charge in [-0.1, -0.05) is 0 Å². The average Bonchev–Trinajstić information content (AvgIpc) is 3.06. The standard InChI is InChI=1S/C23H26F3N5O5.C2HF3O2/c1-22(2)20(33)31(21(34)30(22)14-15-6-8-27-9-7-15)16-4-5-18(36-23(24,25)26)17(12-16)29-19(32)13-28-10-11-35-3;3-2(4,5)1(6)7/h4-9,12,28H,10-11,13-14H2,1-3H3,(H,29,32);(H,6,7). The van der Waals surface area contributed by atoms with Crippen LogP contribution in [0.15, 0.2) is 42.7 Å². The van der Waals surface area contributed by atoms with Gasteiger partial charge in [-0.25, -0.2) is 14.5 Å². The van der Waals surface area contributed by atoms with Crippen LogP contribution in [-0.4, -0.2) is 83.7 Å². The molecular weight excluding hydrogens is 596 g/mol. The molecular formula is C25H27F6N5O7. The second kappa shape index (κ2) is 14.1. The lowest BCUT2D eigenvalue weighted by atomic mass is 10.0. The molecule has 3 rings (SSSR count). The zero-order valence-electron chi connectivity index (χ0n) is 22.9. The number of pyridine rings is 1. The van der Waals surface area contributed by atoms with Gasteiger partial charge < -0.3 is 30.1 Å². The van der Waals surface area contributed by atoms with E-state index in [0.29, 0.717) is 13.2 Å². The molecule has 1 aromatic carbocycles. The summed E-state index contributed by atoms with van der Waals surface area (Å²) in [5, 5.41) is 12.2. The van der Waals surface area contributed by atoms with Crippen molar-refractivity contribution in [2.45, 2.75) is 38.5 Å². The summed E-state index contributed by atoms with van der Waals surface area (Å²) < 4.78 is 79.4. The number of aromatic nitrogens is 1. The van der Waals surface area contributed by atoms with Crippen LogP contribution < -0.4 is 20.3 Å². The number of anilines is 2. The number of carbonyl (C=O) groups is 4. The molecule has 1 saturated heterocycles. The number of nitrogens with zero attached hydrogens (tertiary/aromatic N) is 3. The van der Waals surface area contributed by atoms with Gasteiger partial charge in [0.2, 0.25) is 5.91 Å². The van der Waals surface area contributed by atoms with Gasteiger partial charge in [0, 0.05) is 32.6 Å². The maximum Gasteiger partial charge on any atom is 0.573 e. The first-order valence-electron chi connectivity index (χ1n) is 12.1. The summed E-state index contributed by atoms with van der Waals surface area (Å²) in [6.07, 6.45) is -7.00. The van der Waals surface area contributed by atoms with Crippen LogP contribution in [0.25, 0.3) is 0 Å². The van der Waals surface area contributed by atoms with Crippen LogP contribution in [0.2, 0.25) is 0 Å². The Morgan fingerprint density at radius 1 is 1.05 bits per heavy atom. The van der Waals surface area contributed by atoms with E-state index in [2.05, 4.69) is 20.4 Å². The zero-order valence-corrected chi connectivity index (χ0v) is 22.9. The lowest BCUT2D eigenvalue weighted by Gasteiger charge is -2.27. The highest BCUT2D eigenvalue weighted by atomic mass is 19.4. The van der Waals surface area contributed by atoms with Crippen LogP contribution in [0.1, 0.15) is 19.4 Å². The molecule has 0 radical (unpaired) electrons. The molecule has 12 nitrogen and oxygen atoms in total. The Bertz CT molecular complexity index is 1310. The third-order valence-electron chi connectivity index (χ3n) is 5.65. The predicted octanol–water partition coefficient (Wildman–Crippen LogP) is 3.54. The molecule has 1 aliphatic heterocycles. The number of rotatable bonds is 10. The number of halogens is 6. The summed E-state index contributed by atoms with van der Waals surface area (Å²) in [7, 11) is 1.48. The molecule has 1 aliphatic rings. The Labute approximate surface area is 240 Å². The van der Waals surface area contributed by atoms with Crippen molar-refractivity contribution < 1.29 is 60.1 Å². The van der Waals surface area contributed by atoms with E-state index in [1.807, 2.05) is 0 Å². The Morgan fingerprint density at radius 2 is 1.65 bits per heavy atom. The second-order valence-electron chi connectivity index (χ2n) is 9.17. The van der Waals surface area contributed by atoms with Crippen molar-refractivity contribution >= 4 is 35.2 Å². The van der Waals surface area contributed by atoms with Gasteiger partial charge >= 0.3 is 24.5 Å². The molecule has 1 fully saturated rings. The molecule has 0 saturated carbocycles. The molecule has 2 aromatic rings. The van der Waals surface area contributed by atoms with Crippen molar-refractivity contribution in [1.29, 1.82) is 0 Å². The van der Waals surface area contributed by atoms with Crippen molar-refractivity contribution in [2.24, 2.45) is 0 Å². The number of hydrogen-bond donors (Lipinski definition) is 3. The highest BCUT2D eigenvalue weighted by Crippen LogP contribution is 2.38. The van der Waals surface area contributed by atoms with E-state index in [4.69, 9.17) is 14.6 Å². The molecule has 4 amide bonds. The first kappa shape index (κ1) is 34.7. The fraction of sp³-hybridized carbons (Fsp3) is 0.400. The summed E-state index contributed by atoms with van der Waals surface area (Å²) in [6.45, 7) is 3.72. The van der Waals surface area contributed by atoms with Crippen LogP contribution in [0, 0.1) is 0 Å². The van der Waals surface area contributed by atoms with Gasteiger partial charge in [0.15, 0.2) is 5.75 Å². The van der Waals surface area contributed by atoms with Crippen molar-refractivity contribution in [3.63, 3.8) is 0 Å². The lowest BCUT2D eigenvalue weighted by molar-refractivity contribution is -0.274. The minimum absolute atomic E-state index is 0.0209. The van der Waals surface area contributed by atoms with Crippen molar-refractivity contribution in [2.75, 3.05) is 37.0 Å². The number of nitrogens with one attached hydrogen (secondary N) is 2. The molecule has 1 aromatic heterocycles. The smallest absolute Gasteiger partial charge is 0.475 e. The van der Waals surface area contributed by atoms with Crippen LogP contribution in [0.3, 0.4) is 0 Å². The number of carbonyl (C=O) groups excluding carboxylic acids is 3. The number of benzene rings is 1. The van der Waals surface area contributed by atoms with Gasteiger partial charge in [0.05, 0.1) is 24.5 Å². The quantitative estimate of drug-likeness (QED) is 0.205. The molecule has 236 valence electrons. The van der Waals surface area contributed by atoms with E-state index in [9.17, 15) is 40.7 Å². The van der Waals surface area contributed by atoms with E-state index in [-0.39, 0.29) is 24.5 Å². The fourth-order valence-electron chi connectivity index (χ4n) is 3.54. The number of ether oxygens (including phenoxy) is 2. The topological polar surface area (TPSA) is 150 Å². The molecule has 0 spiro atoms. The van der Waals surface area contributed by atoms with E-state index < -0.39 is 47.6 Å². The number of urea groups is 1. The maximum absolute atomic E-state index is 13.3. The molecule has 0 atom stereocenters. The highest BCUT2D eigenvalue weighted by Gasteiger charge is 2.52. The summed E-state index contributed by atoms with van der Waals surface area (Å²) in [6, 6.07) is 5.92. The average molecular weight is 624 g/mol. The second-order valence-corrected chi connectivity index (χ2v) is 9.17. The number of amides is 4. The first-order valence-corrected chi connectivity index (χ1v) is 12.1. The summed E-state index contributed by atoms with van der Waals surface area (Å²) in [5.41, 5.74) is -0.873. The van der Waals surface area contributed by atoms with Gasteiger partial charge in [-0.2, -0.15) is 13.2 Å². The van der Waals surface area contributed by atoms with Gasteiger partial charge in [-0.3, -0.25) is 14.6 Å². The highest BCUT2D eigenvalue weighted by molar-refractivity contribution is 6.23. The van der Waals surface area contributed by atoms with Crippen LogP contribution in [0.5, 0.6) is 5.75 Å². The van der Waals surface area contributed by atoms with Crippen molar-refractivity contribution in [3.05, 3.63) is 48.3 Å². The van der Waals surface area contributed by atoms with E-state index in [1.54, 1.807) is 38.4 Å². The Hall–Kier alpha value is -4.45. The predicted molar refractivity (Wildman–Crippen MR) is 137 cm³/mol. The van der Waals surface area contributed by atoms with Gasteiger partial charge in [0.1, 0.15) is 5.54 Å². The van der Waals surface area contributed by atoms with Crippen LogP contribution in [-0.2, 0) is 25.7 Å². The number of alkyl halides is 6. The third-order valence-corrected chi connectivity index (χ3v) is 5.65. The van der Waals surface area contributed by atoms with E-state index in [1.165, 1.54) is 12.0 Å². The molecule has 3 N–H and O–H groups in total. The fourth-order valence-corrected chi connectivity index (χ4v) is 3.54. The largest absolute Gasteiger partial charge is 0.573 e. The third kappa shape index (κ3) is 9.81. The molecule has 43 heavy (non-hydrogen) atoms. The summed E-state index contributed by atoms with van der Waals surface area (Å²) in [5.74, 6) is -4.69. The van der Waals surface area contributed by atoms with Crippen molar-refractivity contribution in [3.8, 4) is 5.75 Å². The molecule has 18 heteroatoms. The number of carboxylic acid groups (broad SMARTS) is 1. The number of imide groups is 1. The molecule has 2 heterocycles. The Balaban J connectivity index is 0.000000821. The normalized spacial score (nSPS) is 14.7. The van der Waals surface area contributed by atoms with Gasteiger partial charge in [0.25, 0.3) is 5.91 Å². The Morgan fingerprint density at radius 3 is 2.19 bits per heavy atom. The number of carboxylic acids is 1. The molecule has 0 aliphatic carbocycles. The minimum atomic E-state index is -5.08. The lowest BCUT2D eigenvalue weighted by Crippen LogP contribution is -2.43. The number of hydrogen-bond acceptors (Lipinski definition) is 8. The summed E-state index contributed by atoms with van der Waals surface area (Å²) in [4.78, 5) is 53.8. The van der Waals surface area contributed by atoms with E-state index in [0.717, 1.165) is 28.7 Å². The van der Waals surface area contributed by atoms with Gasteiger partial charge in [-0.15, -0.1) is 13.2 Å². The van der Waals surface area contributed by atoms with Gasteiger partial charge in [-0.05, 0) is 49.7 Å². The number of methoxy groups -OCH3 is 1.